The molecule has 0 aromatic heterocycles. The molecular formula is Co2LiPt. The SMILES string of the molecule is [Co].[Co].[Li].[Pt]. The first-order chi connectivity index (χ1) is 0. The van der Waals surface area contributed by atoms with Crippen molar-refractivity contribution < 1.29 is 54.6 Å². The summed E-state index contributed by atoms with van der Waals surface area (Å²) < 4.78 is 0. The van der Waals surface area contributed by atoms with Gasteiger partial charge in [-0.2, -0.15) is 0 Å². The Morgan fingerprint density at radius 2 is 0.750 bits per heavy atom. The maximum absolute atomic E-state index is 0. The van der Waals surface area contributed by atoms with E-state index in [1.165, 1.54) is 0 Å². The molecule has 0 rings (SSSR count). The first-order valence-electron chi connectivity index (χ1n) is 0. The molecule has 0 unspecified atom stereocenters. The van der Waals surface area contributed by atoms with Crippen LogP contribution in [-0.2, 0) is 54.6 Å². The molecule has 4 heteroatoms. The zero-order chi connectivity index (χ0) is 0. The van der Waals surface area contributed by atoms with Gasteiger partial charge in [0.05, 0.1) is 0 Å². The molecule has 0 bridgehead atoms. The molecular weight excluding hydrogens is 320 g/mol. The van der Waals surface area contributed by atoms with Gasteiger partial charge in [-0.05, 0) is 0 Å². The van der Waals surface area contributed by atoms with E-state index in [2.05, 4.69) is 0 Å². The van der Waals surface area contributed by atoms with Crippen LogP contribution in [0.15, 0.2) is 0 Å². The molecule has 0 nitrogen and oxygen atoms in total. The zero-order valence-electron chi connectivity index (χ0n) is 1.98. The molecule has 0 spiro atoms. The van der Waals surface area contributed by atoms with Crippen LogP contribution in [0.25, 0.3) is 0 Å². The topological polar surface area (TPSA) is 0 Å². The van der Waals surface area contributed by atoms with Gasteiger partial charge >= 0.3 is 0 Å². The minimum absolute atomic E-state index is 0. The van der Waals surface area contributed by atoms with Crippen molar-refractivity contribution in [3.8, 4) is 0 Å². The summed E-state index contributed by atoms with van der Waals surface area (Å²) in [7, 11) is 0. The molecule has 0 aliphatic heterocycles. The second-order valence-corrected chi connectivity index (χ2v) is 0. The van der Waals surface area contributed by atoms with Gasteiger partial charge in [0.25, 0.3) is 0 Å². The van der Waals surface area contributed by atoms with Crippen molar-refractivity contribution in [2.75, 3.05) is 0 Å². The average molecular weight is 320 g/mol. The van der Waals surface area contributed by atoms with E-state index in [1.54, 1.807) is 0 Å². The fourth-order valence-electron chi connectivity index (χ4n) is 0. The molecule has 0 aliphatic rings. The van der Waals surface area contributed by atoms with Crippen molar-refractivity contribution in [3.05, 3.63) is 0 Å². The Morgan fingerprint density at radius 3 is 0.750 bits per heavy atom. The van der Waals surface area contributed by atoms with Crippen LogP contribution in [0.1, 0.15) is 0 Å². The summed E-state index contributed by atoms with van der Waals surface area (Å²) in [5, 5.41) is 0. The molecule has 0 atom stereocenters. The molecule has 0 aromatic carbocycles. The van der Waals surface area contributed by atoms with Crippen molar-refractivity contribution >= 4 is 18.9 Å². The molecule has 0 aliphatic carbocycles. The van der Waals surface area contributed by atoms with Gasteiger partial charge in [-0.1, -0.05) is 0 Å². The summed E-state index contributed by atoms with van der Waals surface area (Å²) in [6, 6.07) is 0. The smallest absolute Gasteiger partial charge is 0 e. The number of hydrogen-bond donors (Lipinski definition) is 0. The van der Waals surface area contributed by atoms with Crippen LogP contribution < -0.4 is 0 Å². The Balaban J connectivity index is 0. The molecule has 0 saturated carbocycles. The van der Waals surface area contributed by atoms with E-state index in [-0.39, 0.29) is 73.5 Å². The third kappa shape index (κ3) is 8.85. The van der Waals surface area contributed by atoms with E-state index < -0.39 is 0 Å². The summed E-state index contributed by atoms with van der Waals surface area (Å²) >= 11 is 0. The summed E-state index contributed by atoms with van der Waals surface area (Å²) in [6.07, 6.45) is 0. The van der Waals surface area contributed by atoms with Crippen LogP contribution in [-0.4, -0.2) is 18.9 Å². The van der Waals surface area contributed by atoms with E-state index >= 15 is 0 Å². The van der Waals surface area contributed by atoms with E-state index in [0.717, 1.165) is 0 Å². The Hall–Kier alpha value is 2.30. The monoisotopic (exact) mass is 320 g/mol. The summed E-state index contributed by atoms with van der Waals surface area (Å²) in [6.45, 7) is 0. The minimum Gasteiger partial charge on any atom is 0 e. The predicted molar refractivity (Wildman–Crippen MR) is 5.75 cm³/mol. The Kier molecular flexibility index (Phi) is 155. The van der Waals surface area contributed by atoms with Crippen molar-refractivity contribution in [1.29, 1.82) is 0 Å². The van der Waals surface area contributed by atoms with Gasteiger partial charge in [0.15, 0.2) is 0 Å². The van der Waals surface area contributed by atoms with Gasteiger partial charge in [-0.15, -0.1) is 0 Å². The fourth-order valence-corrected chi connectivity index (χ4v) is 0. The average Bonchev–Trinajstić information content (AvgIpc) is 0. The predicted octanol–water partition coefficient (Wildman–Crippen LogP) is -0.388. The maximum Gasteiger partial charge on any atom is 0 e. The van der Waals surface area contributed by atoms with Crippen LogP contribution in [0.3, 0.4) is 0 Å². The van der Waals surface area contributed by atoms with Crippen LogP contribution in [0.4, 0.5) is 0 Å². The van der Waals surface area contributed by atoms with E-state index in [9.17, 15) is 0 Å². The summed E-state index contributed by atoms with van der Waals surface area (Å²) in [5.41, 5.74) is 0. The summed E-state index contributed by atoms with van der Waals surface area (Å²) in [5.74, 6) is 0. The van der Waals surface area contributed by atoms with Gasteiger partial charge < -0.3 is 0 Å². The third-order valence-corrected chi connectivity index (χ3v) is 0. The molecule has 0 fully saturated rings. The van der Waals surface area contributed by atoms with Gasteiger partial charge in [0, 0.05) is 73.5 Å². The van der Waals surface area contributed by atoms with Crippen molar-refractivity contribution in [3.63, 3.8) is 0 Å². The standard InChI is InChI=1S/2Co.Li.Pt. The van der Waals surface area contributed by atoms with Crippen molar-refractivity contribution in [1.82, 2.24) is 0 Å². The van der Waals surface area contributed by atoms with E-state index in [0.29, 0.717) is 0 Å². The molecule has 29 valence electrons. The quantitative estimate of drug-likeness (QED) is 0.534. The molecule has 0 N–H and O–H groups in total. The second kappa shape index (κ2) is 18.5. The maximum atomic E-state index is 0. The fraction of sp³-hybridized carbons (Fsp3) is 0. The molecule has 0 aromatic rings. The second-order valence-electron chi connectivity index (χ2n) is 0. The number of hydrogen-bond acceptors (Lipinski definition) is 0. The Bertz CT molecular complexity index is 6.00. The van der Waals surface area contributed by atoms with Crippen molar-refractivity contribution in [2.24, 2.45) is 0 Å². The molecule has 0 amide bonds. The largest absolute Gasteiger partial charge is 0 e. The molecule has 0 heterocycles. The van der Waals surface area contributed by atoms with Crippen LogP contribution in [0.5, 0.6) is 0 Å². The first-order valence-corrected chi connectivity index (χ1v) is 0. The van der Waals surface area contributed by atoms with Gasteiger partial charge in [0.1, 0.15) is 0 Å². The molecule has 0 saturated heterocycles. The Labute approximate surface area is 72.7 Å². The third-order valence-electron chi connectivity index (χ3n) is 0. The van der Waals surface area contributed by atoms with Gasteiger partial charge in [-0.3, -0.25) is 0 Å². The summed E-state index contributed by atoms with van der Waals surface area (Å²) in [4.78, 5) is 0. The van der Waals surface area contributed by atoms with E-state index in [1.807, 2.05) is 0 Å². The van der Waals surface area contributed by atoms with E-state index in [4.69, 9.17) is 0 Å². The van der Waals surface area contributed by atoms with Gasteiger partial charge in [0.2, 0.25) is 0 Å². The molecule has 3 radical (unpaired) electrons. The Morgan fingerprint density at radius 1 is 0.750 bits per heavy atom. The van der Waals surface area contributed by atoms with Crippen LogP contribution >= 0.6 is 0 Å². The number of rotatable bonds is 0. The minimum atomic E-state index is 0. The zero-order valence-corrected chi connectivity index (χ0v) is 6.34. The van der Waals surface area contributed by atoms with Crippen molar-refractivity contribution in [2.45, 2.75) is 0 Å². The molecule has 4 heavy (non-hydrogen) atoms. The van der Waals surface area contributed by atoms with Crippen LogP contribution in [0, 0.1) is 0 Å². The normalized spacial score (nSPS) is 0. The van der Waals surface area contributed by atoms with Crippen LogP contribution in [0.2, 0.25) is 0 Å². The van der Waals surface area contributed by atoms with Gasteiger partial charge in [-0.25, -0.2) is 0 Å². The first kappa shape index (κ1) is 33.5.